The fraction of sp³-hybridized carbons (Fsp3) is 0.316. The summed E-state index contributed by atoms with van der Waals surface area (Å²) in [5.74, 6) is 0.170. The van der Waals surface area contributed by atoms with Gasteiger partial charge in [0.2, 0.25) is 5.91 Å². The number of hydrogen-bond donors (Lipinski definition) is 2. The molecule has 0 heterocycles. The van der Waals surface area contributed by atoms with E-state index in [0.29, 0.717) is 12.2 Å². The van der Waals surface area contributed by atoms with Crippen LogP contribution >= 0.6 is 0 Å². The monoisotopic (exact) mass is 341 g/mol. The van der Waals surface area contributed by atoms with Gasteiger partial charge in [-0.15, -0.1) is 0 Å². The van der Waals surface area contributed by atoms with Gasteiger partial charge in [-0.25, -0.2) is 0 Å². The number of carbonyl (C=O) groups excluding carboxylic acids is 1. The Morgan fingerprint density at radius 3 is 2.36 bits per heavy atom. The molecule has 1 unspecified atom stereocenters. The summed E-state index contributed by atoms with van der Waals surface area (Å²) < 4.78 is 0. The number of anilines is 1. The number of para-hydroxylation sites is 2. The van der Waals surface area contributed by atoms with E-state index in [-0.39, 0.29) is 30.0 Å². The van der Waals surface area contributed by atoms with Crippen LogP contribution < -0.4 is 10.6 Å². The Morgan fingerprint density at radius 1 is 1.08 bits per heavy atom. The van der Waals surface area contributed by atoms with Gasteiger partial charge in [0.1, 0.15) is 5.69 Å². The van der Waals surface area contributed by atoms with Crippen LogP contribution in [-0.4, -0.2) is 17.4 Å². The van der Waals surface area contributed by atoms with Crippen molar-refractivity contribution in [3.8, 4) is 0 Å². The molecule has 6 heteroatoms. The third-order valence-corrected chi connectivity index (χ3v) is 3.91. The number of carbonyl (C=O) groups is 1. The summed E-state index contributed by atoms with van der Waals surface area (Å²) in [7, 11) is 0. The Morgan fingerprint density at radius 2 is 1.72 bits per heavy atom. The highest BCUT2D eigenvalue weighted by atomic mass is 16.6. The van der Waals surface area contributed by atoms with Crippen LogP contribution in [0.2, 0.25) is 0 Å². The molecular weight excluding hydrogens is 318 g/mol. The molecule has 0 aromatic heterocycles. The van der Waals surface area contributed by atoms with Gasteiger partial charge in [0.15, 0.2) is 0 Å². The van der Waals surface area contributed by atoms with E-state index in [9.17, 15) is 14.9 Å². The number of nitro benzene ring substituents is 1. The van der Waals surface area contributed by atoms with E-state index in [1.54, 1.807) is 18.2 Å². The molecule has 0 fully saturated rings. The molecule has 2 aromatic carbocycles. The molecule has 0 aliphatic rings. The zero-order valence-electron chi connectivity index (χ0n) is 14.4. The second kappa shape index (κ2) is 8.82. The Balaban J connectivity index is 1.91. The number of benzene rings is 2. The van der Waals surface area contributed by atoms with Crippen molar-refractivity contribution in [1.82, 2.24) is 5.32 Å². The van der Waals surface area contributed by atoms with Crippen LogP contribution in [0.5, 0.6) is 0 Å². The molecule has 0 saturated carbocycles. The minimum absolute atomic E-state index is 0.00671. The number of amides is 1. The number of nitro groups is 1. The van der Waals surface area contributed by atoms with Crippen LogP contribution in [0.1, 0.15) is 31.9 Å². The van der Waals surface area contributed by atoms with E-state index in [1.807, 2.05) is 30.3 Å². The SMILES string of the molecule is CC(C)C(NC(=O)CCNc1ccccc1[N+](=O)[O-])c1ccccc1. The highest BCUT2D eigenvalue weighted by Crippen LogP contribution is 2.23. The largest absolute Gasteiger partial charge is 0.379 e. The lowest BCUT2D eigenvalue weighted by atomic mass is 9.96. The van der Waals surface area contributed by atoms with E-state index >= 15 is 0 Å². The maximum Gasteiger partial charge on any atom is 0.292 e. The van der Waals surface area contributed by atoms with Crippen molar-refractivity contribution in [1.29, 1.82) is 0 Å². The zero-order valence-corrected chi connectivity index (χ0v) is 14.4. The first-order valence-corrected chi connectivity index (χ1v) is 8.30. The molecule has 0 saturated heterocycles. The van der Waals surface area contributed by atoms with Gasteiger partial charge in [-0.2, -0.15) is 0 Å². The van der Waals surface area contributed by atoms with E-state index < -0.39 is 4.92 Å². The number of nitrogens with one attached hydrogen (secondary N) is 2. The average Bonchev–Trinajstić information content (AvgIpc) is 2.60. The molecule has 1 atom stereocenters. The van der Waals surface area contributed by atoms with Gasteiger partial charge in [-0.1, -0.05) is 56.3 Å². The Kier molecular flexibility index (Phi) is 6.51. The topological polar surface area (TPSA) is 84.3 Å². The van der Waals surface area contributed by atoms with Crippen LogP contribution in [0, 0.1) is 16.0 Å². The van der Waals surface area contributed by atoms with Crippen LogP contribution in [0.15, 0.2) is 54.6 Å². The van der Waals surface area contributed by atoms with Crippen LogP contribution in [0.3, 0.4) is 0 Å². The maximum atomic E-state index is 12.3. The smallest absolute Gasteiger partial charge is 0.292 e. The van der Waals surface area contributed by atoms with Crippen molar-refractivity contribution in [2.45, 2.75) is 26.3 Å². The molecule has 25 heavy (non-hydrogen) atoms. The highest BCUT2D eigenvalue weighted by Gasteiger charge is 2.18. The molecule has 0 aliphatic carbocycles. The third kappa shape index (κ3) is 5.31. The fourth-order valence-electron chi connectivity index (χ4n) is 2.63. The molecule has 6 nitrogen and oxygen atoms in total. The Hall–Kier alpha value is -2.89. The minimum atomic E-state index is -0.438. The number of nitrogens with zero attached hydrogens (tertiary/aromatic N) is 1. The summed E-state index contributed by atoms with van der Waals surface area (Å²) in [4.78, 5) is 22.8. The summed E-state index contributed by atoms with van der Waals surface area (Å²) >= 11 is 0. The van der Waals surface area contributed by atoms with Crippen LogP contribution in [-0.2, 0) is 4.79 Å². The summed E-state index contributed by atoms with van der Waals surface area (Å²) in [6, 6.07) is 16.2. The first-order chi connectivity index (χ1) is 12.0. The molecule has 2 aromatic rings. The van der Waals surface area contributed by atoms with Crippen molar-refractivity contribution >= 4 is 17.3 Å². The average molecular weight is 341 g/mol. The van der Waals surface area contributed by atoms with Crippen LogP contribution in [0.4, 0.5) is 11.4 Å². The summed E-state index contributed by atoms with van der Waals surface area (Å²) in [6.45, 7) is 4.45. The molecule has 132 valence electrons. The number of hydrogen-bond acceptors (Lipinski definition) is 4. The molecule has 0 bridgehead atoms. The Labute approximate surface area is 147 Å². The normalized spacial score (nSPS) is 11.8. The maximum absolute atomic E-state index is 12.3. The van der Waals surface area contributed by atoms with Gasteiger partial charge in [0.25, 0.3) is 5.69 Å². The quantitative estimate of drug-likeness (QED) is 0.563. The standard InChI is InChI=1S/C19H23N3O3/c1-14(2)19(15-8-4-3-5-9-15)21-18(23)12-13-20-16-10-6-7-11-17(16)22(24)25/h3-11,14,19-20H,12-13H2,1-2H3,(H,21,23). The lowest BCUT2D eigenvalue weighted by Gasteiger charge is -2.23. The van der Waals surface area contributed by atoms with Gasteiger partial charge < -0.3 is 10.6 Å². The van der Waals surface area contributed by atoms with Gasteiger partial charge in [-0.05, 0) is 17.5 Å². The van der Waals surface area contributed by atoms with E-state index in [1.165, 1.54) is 6.07 Å². The van der Waals surface area contributed by atoms with Gasteiger partial charge in [0, 0.05) is 19.0 Å². The molecule has 2 N–H and O–H groups in total. The number of rotatable bonds is 8. The zero-order chi connectivity index (χ0) is 18.2. The first-order valence-electron chi connectivity index (χ1n) is 8.30. The van der Waals surface area contributed by atoms with Crippen molar-refractivity contribution in [3.05, 3.63) is 70.3 Å². The molecule has 1 amide bonds. The van der Waals surface area contributed by atoms with E-state index in [2.05, 4.69) is 24.5 Å². The predicted octanol–water partition coefficient (Wildman–Crippen LogP) is 3.91. The second-order valence-corrected chi connectivity index (χ2v) is 6.15. The highest BCUT2D eigenvalue weighted by molar-refractivity contribution is 5.77. The molecule has 0 spiro atoms. The second-order valence-electron chi connectivity index (χ2n) is 6.15. The van der Waals surface area contributed by atoms with Gasteiger partial charge >= 0.3 is 0 Å². The van der Waals surface area contributed by atoms with E-state index in [0.717, 1.165) is 5.56 Å². The molecular formula is C19H23N3O3. The van der Waals surface area contributed by atoms with Crippen molar-refractivity contribution in [2.75, 3.05) is 11.9 Å². The van der Waals surface area contributed by atoms with Crippen molar-refractivity contribution in [2.24, 2.45) is 5.92 Å². The van der Waals surface area contributed by atoms with E-state index in [4.69, 9.17) is 0 Å². The molecule has 0 aliphatic heterocycles. The Bertz CT molecular complexity index is 717. The molecule has 2 rings (SSSR count). The molecule has 0 radical (unpaired) electrons. The fourth-order valence-corrected chi connectivity index (χ4v) is 2.63. The summed E-state index contributed by atoms with van der Waals surface area (Å²) in [5.41, 5.74) is 1.49. The van der Waals surface area contributed by atoms with Crippen molar-refractivity contribution < 1.29 is 9.72 Å². The lowest BCUT2D eigenvalue weighted by molar-refractivity contribution is -0.384. The summed E-state index contributed by atoms with van der Waals surface area (Å²) in [5, 5.41) is 17.0. The van der Waals surface area contributed by atoms with Gasteiger partial charge in [0.05, 0.1) is 11.0 Å². The lowest BCUT2D eigenvalue weighted by Crippen LogP contribution is -2.32. The first kappa shape index (κ1) is 18.4. The van der Waals surface area contributed by atoms with Crippen LogP contribution in [0.25, 0.3) is 0 Å². The summed E-state index contributed by atoms with van der Waals surface area (Å²) in [6.07, 6.45) is 0.238. The minimum Gasteiger partial charge on any atom is -0.379 e. The third-order valence-electron chi connectivity index (χ3n) is 3.91. The predicted molar refractivity (Wildman–Crippen MR) is 98.4 cm³/mol. The van der Waals surface area contributed by atoms with Gasteiger partial charge in [-0.3, -0.25) is 14.9 Å². The van der Waals surface area contributed by atoms with Crippen molar-refractivity contribution in [3.63, 3.8) is 0 Å².